The number of hydrogen-bond donors (Lipinski definition) is 1. The molecule has 1 saturated heterocycles. The second-order valence-corrected chi connectivity index (χ2v) is 10.9. The summed E-state index contributed by atoms with van der Waals surface area (Å²) < 4.78 is 33.3. The van der Waals surface area contributed by atoms with Gasteiger partial charge in [-0.15, -0.1) is 0 Å². The molecule has 0 saturated carbocycles. The molecule has 0 aromatic heterocycles. The zero-order valence-corrected chi connectivity index (χ0v) is 21.2. The number of benzene rings is 3. The minimum atomic E-state index is -4.06. The highest BCUT2D eigenvalue weighted by molar-refractivity contribution is 7.89. The van der Waals surface area contributed by atoms with Crippen LogP contribution in [0.3, 0.4) is 0 Å². The van der Waals surface area contributed by atoms with E-state index in [0.717, 1.165) is 4.31 Å². The van der Waals surface area contributed by atoms with Gasteiger partial charge in [0.15, 0.2) is 0 Å². The summed E-state index contributed by atoms with van der Waals surface area (Å²) in [7, 11) is -2.53. The number of rotatable bonds is 4. The molecule has 3 aromatic rings. The van der Waals surface area contributed by atoms with Gasteiger partial charge in [-0.25, -0.2) is 8.42 Å². The minimum absolute atomic E-state index is 0.00895. The summed E-state index contributed by atoms with van der Waals surface area (Å²) in [6.07, 6.45) is 0. The predicted octanol–water partition coefficient (Wildman–Crippen LogP) is 3.35. The molecule has 1 unspecified atom stereocenters. The monoisotopic (exact) mass is 536 g/mol. The van der Waals surface area contributed by atoms with Crippen LogP contribution in [0.4, 0.5) is 5.69 Å². The van der Waals surface area contributed by atoms with Crippen LogP contribution in [0.1, 0.15) is 15.9 Å². The number of nitrogens with zero attached hydrogens (tertiary/aromatic N) is 3. The van der Waals surface area contributed by atoms with Crippen molar-refractivity contribution in [1.82, 2.24) is 9.21 Å². The summed E-state index contributed by atoms with van der Waals surface area (Å²) >= 11 is 6.19. The van der Waals surface area contributed by atoms with Crippen molar-refractivity contribution in [3.05, 3.63) is 76.8 Å². The van der Waals surface area contributed by atoms with E-state index in [-0.39, 0.29) is 35.7 Å². The summed E-state index contributed by atoms with van der Waals surface area (Å²) in [5, 5.41) is 12.6. The fourth-order valence-electron chi connectivity index (χ4n) is 4.64. The van der Waals surface area contributed by atoms with Crippen LogP contribution < -0.4 is 10.1 Å². The summed E-state index contributed by atoms with van der Waals surface area (Å²) in [5.41, 5.74) is 1.99. The Labute approximate surface area is 218 Å². The number of nitrogens with one attached hydrogen (secondary N) is 1. The molecule has 1 atom stereocenters. The Morgan fingerprint density at radius 3 is 2.59 bits per heavy atom. The Morgan fingerprint density at radius 1 is 1.05 bits per heavy atom. The molecule has 1 N–H and O–H groups in total. The van der Waals surface area contributed by atoms with Crippen LogP contribution in [0.2, 0.25) is 5.02 Å². The molecule has 0 aliphatic carbocycles. The molecule has 2 amide bonds. The first-order valence-electron chi connectivity index (χ1n) is 11.3. The van der Waals surface area contributed by atoms with Gasteiger partial charge in [-0.05, 0) is 48.0 Å². The molecule has 2 aliphatic heterocycles. The smallest absolute Gasteiger partial charge is 0.256 e. The van der Waals surface area contributed by atoms with E-state index in [1.807, 2.05) is 6.07 Å². The van der Waals surface area contributed by atoms with Gasteiger partial charge in [0.2, 0.25) is 15.9 Å². The number of nitriles is 1. The third-order valence-corrected chi connectivity index (χ3v) is 8.67. The molecule has 3 aromatic carbocycles. The normalized spacial score (nSPS) is 17.8. The molecular weight excluding hydrogens is 516 g/mol. The highest BCUT2D eigenvalue weighted by Crippen LogP contribution is 2.36. The van der Waals surface area contributed by atoms with E-state index in [1.54, 1.807) is 42.5 Å². The van der Waals surface area contributed by atoms with Crippen molar-refractivity contribution in [2.24, 2.45) is 0 Å². The van der Waals surface area contributed by atoms with Gasteiger partial charge < -0.3 is 15.0 Å². The number of anilines is 1. The Bertz CT molecular complexity index is 1580. The van der Waals surface area contributed by atoms with E-state index in [0.29, 0.717) is 27.6 Å². The Kier molecular flexibility index (Phi) is 6.37. The van der Waals surface area contributed by atoms with E-state index in [2.05, 4.69) is 5.32 Å². The quantitative estimate of drug-likeness (QED) is 0.546. The van der Waals surface area contributed by atoms with E-state index in [9.17, 15) is 23.3 Å². The second-order valence-electron chi connectivity index (χ2n) is 8.58. The number of carbonyl (C=O) groups is 2. The molecule has 37 heavy (non-hydrogen) atoms. The number of fused-ring (bicyclic) bond motifs is 2. The Balaban J connectivity index is 1.48. The van der Waals surface area contributed by atoms with Crippen LogP contribution >= 0.6 is 11.6 Å². The topological polar surface area (TPSA) is 120 Å². The fraction of sp³-hybridized carbons (Fsp3) is 0.192. The van der Waals surface area contributed by atoms with Crippen molar-refractivity contribution in [3.63, 3.8) is 0 Å². The molecule has 1 fully saturated rings. The zero-order chi connectivity index (χ0) is 26.3. The van der Waals surface area contributed by atoms with Crippen LogP contribution in [0.15, 0.2) is 65.6 Å². The van der Waals surface area contributed by atoms with E-state index >= 15 is 0 Å². The lowest BCUT2D eigenvalue weighted by molar-refractivity contribution is -0.121. The molecule has 2 heterocycles. The highest BCUT2D eigenvalue weighted by Gasteiger charge is 2.43. The van der Waals surface area contributed by atoms with Crippen LogP contribution in [0, 0.1) is 11.3 Å². The van der Waals surface area contributed by atoms with Crippen LogP contribution in [-0.4, -0.2) is 62.2 Å². The number of hydrogen-bond acceptors (Lipinski definition) is 6. The fourth-order valence-corrected chi connectivity index (χ4v) is 6.39. The van der Waals surface area contributed by atoms with Crippen molar-refractivity contribution < 1.29 is 22.7 Å². The average molecular weight is 537 g/mol. The zero-order valence-electron chi connectivity index (χ0n) is 19.6. The molecular formula is C26H21ClN4O5S. The van der Waals surface area contributed by atoms with Gasteiger partial charge in [0.1, 0.15) is 17.9 Å². The molecule has 0 spiro atoms. The first-order valence-corrected chi connectivity index (χ1v) is 13.2. The SMILES string of the molecule is COc1ccc(Cl)cc1-c1ccc2c(c1)C(=O)N1CCN(S(=O)(=O)c3ccccc3C#N)CC1C(=O)N2. The summed E-state index contributed by atoms with van der Waals surface area (Å²) in [4.78, 5) is 28.0. The summed E-state index contributed by atoms with van der Waals surface area (Å²) in [6.45, 7) is -0.244. The largest absolute Gasteiger partial charge is 0.496 e. The molecule has 0 bridgehead atoms. The maximum atomic E-state index is 13.6. The number of sulfonamides is 1. The first-order chi connectivity index (χ1) is 17.7. The number of methoxy groups -OCH3 is 1. The van der Waals surface area contributed by atoms with Gasteiger partial charge in [-0.1, -0.05) is 29.8 Å². The summed E-state index contributed by atoms with van der Waals surface area (Å²) in [6, 6.07) is 17.0. The second kappa shape index (κ2) is 9.52. The lowest BCUT2D eigenvalue weighted by Crippen LogP contribution is -2.59. The number of piperazine rings is 1. The first kappa shape index (κ1) is 24.8. The number of amides is 2. The maximum absolute atomic E-state index is 13.6. The van der Waals surface area contributed by atoms with Gasteiger partial charge in [-0.3, -0.25) is 9.59 Å². The van der Waals surface area contributed by atoms with Crippen molar-refractivity contribution in [3.8, 4) is 22.9 Å². The third kappa shape index (κ3) is 4.31. The standard InChI is InChI=1S/C26H21ClN4O5S/c1-36-23-9-7-18(27)13-19(23)16-6-8-21-20(12-16)26(33)31-11-10-30(15-22(31)25(32)29-21)37(34,35)24-5-3-2-4-17(24)14-28/h2-9,12-13,22H,10-11,15H2,1H3,(H,29,32). The molecule has 9 nitrogen and oxygen atoms in total. The third-order valence-electron chi connectivity index (χ3n) is 6.51. The van der Waals surface area contributed by atoms with Gasteiger partial charge >= 0.3 is 0 Å². The Hall–Kier alpha value is -3.91. The van der Waals surface area contributed by atoms with Crippen molar-refractivity contribution in [2.45, 2.75) is 10.9 Å². The number of halogens is 1. The molecule has 188 valence electrons. The average Bonchev–Trinajstić information content (AvgIpc) is 3.02. The van der Waals surface area contributed by atoms with E-state index < -0.39 is 27.9 Å². The van der Waals surface area contributed by atoms with Crippen molar-refractivity contribution >= 4 is 39.1 Å². The van der Waals surface area contributed by atoms with Crippen LogP contribution in [-0.2, 0) is 14.8 Å². The van der Waals surface area contributed by atoms with Crippen LogP contribution in [0.5, 0.6) is 5.75 Å². The predicted molar refractivity (Wildman–Crippen MR) is 137 cm³/mol. The van der Waals surface area contributed by atoms with Gasteiger partial charge in [0.25, 0.3) is 5.91 Å². The van der Waals surface area contributed by atoms with E-state index in [1.165, 1.54) is 30.2 Å². The number of carbonyl (C=O) groups excluding carboxylic acids is 2. The highest BCUT2D eigenvalue weighted by atomic mass is 35.5. The molecule has 2 aliphatic rings. The molecule has 0 radical (unpaired) electrons. The lowest BCUT2D eigenvalue weighted by Gasteiger charge is -2.38. The Morgan fingerprint density at radius 2 is 1.84 bits per heavy atom. The summed E-state index contributed by atoms with van der Waals surface area (Å²) in [5.74, 6) is -0.312. The van der Waals surface area contributed by atoms with Crippen LogP contribution in [0.25, 0.3) is 11.1 Å². The molecule has 11 heteroatoms. The van der Waals surface area contributed by atoms with Gasteiger partial charge in [0.05, 0.1) is 28.8 Å². The van der Waals surface area contributed by atoms with E-state index in [4.69, 9.17) is 16.3 Å². The maximum Gasteiger partial charge on any atom is 0.256 e. The van der Waals surface area contributed by atoms with Gasteiger partial charge in [-0.2, -0.15) is 9.57 Å². The molecule has 5 rings (SSSR count). The number of ether oxygens (including phenoxy) is 1. The lowest BCUT2D eigenvalue weighted by atomic mass is 10.00. The van der Waals surface area contributed by atoms with Gasteiger partial charge in [0, 0.05) is 30.2 Å². The van der Waals surface area contributed by atoms with Crippen molar-refractivity contribution in [2.75, 3.05) is 32.1 Å². The minimum Gasteiger partial charge on any atom is -0.496 e. The van der Waals surface area contributed by atoms with Crippen molar-refractivity contribution in [1.29, 1.82) is 5.26 Å².